The van der Waals surface area contributed by atoms with Crippen LogP contribution in [0.3, 0.4) is 0 Å². The van der Waals surface area contributed by atoms with Crippen molar-refractivity contribution in [3.05, 3.63) is 17.5 Å². The first kappa shape index (κ1) is 14.6. The summed E-state index contributed by atoms with van der Waals surface area (Å²) in [6.07, 6.45) is 0.814. The van der Waals surface area contributed by atoms with E-state index in [0.29, 0.717) is 30.3 Å². The number of carbonyl (C=O) groups is 1. The third-order valence-corrected chi connectivity index (χ3v) is 2.86. The number of amides is 1. The summed E-state index contributed by atoms with van der Waals surface area (Å²) in [5, 5.41) is 4.37. The van der Waals surface area contributed by atoms with E-state index < -0.39 is 0 Å². The van der Waals surface area contributed by atoms with Crippen molar-refractivity contribution < 1.29 is 4.79 Å². The van der Waals surface area contributed by atoms with Gasteiger partial charge in [-0.3, -0.25) is 9.48 Å². The van der Waals surface area contributed by atoms with Crippen LogP contribution in [-0.4, -0.2) is 38.7 Å². The number of nitrogens with zero attached hydrogens (tertiary/aromatic N) is 3. The van der Waals surface area contributed by atoms with Crippen LogP contribution >= 0.6 is 12.2 Å². The average Bonchev–Trinajstić information content (AvgIpc) is 2.78. The van der Waals surface area contributed by atoms with Crippen molar-refractivity contribution >= 4 is 23.1 Å². The molecule has 6 heteroatoms. The highest BCUT2D eigenvalue weighted by molar-refractivity contribution is 7.80. The van der Waals surface area contributed by atoms with Crippen LogP contribution in [0.15, 0.2) is 6.07 Å². The van der Waals surface area contributed by atoms with Crippen molar-refractivity contribution in [1.82, 2.24) is 14.7 Å². The summed E-state index contributed by atoms with van der Waals surface area (Å²) in [4.78, 5) is 14.3. The fourth-order valence-corrected chi connectivity index (χ4v) is 1.89. The number of hydrogen-bond donors (Lipinski definition) is 1. The SMILES string of the molecule is CCc1cc(C(=O)N(CC)CC(N)=S)n(CC)n1. The van der Waals surface area contributed by atoms with E-state index in [1.807, 2.05) is 26.8 Å². The number of thiocarbonyl (C=S) groups is 1. The van der Waals surface area contributed by atoms with Crippen LogP contribution in [0.1, 0.15) is 37.0 Å². The minimum atomic E-state index is -0.0700. The van der Waals surface area contributed by atoms with Gasteiger partial charge in [0.05, 0.1) is 17.2 Å². The number of likely N-dealkylation sites (N-methyl/N-ethyl adjacent to an activating group) is 1. The van der Waals surface area contributed by atoms with Crippen molar-refractivity contribution in [2.75, 3.05) is 13.1 Å². The molecule has 0 saturated carbocycles. The fourth-order valence-electron chi connectivity index (χ4n) is 1.73. The Labute approximate surface area is 113 Å². The summed E-state index contributed by atoms with van der Waals surface area (Å²) in [6, 6.07) is 1.84. The summed E-state index contributed by atoms with van der Waals surface area (Å²) in [6.45, 7) is 7.44. The van der Waals surface area contributed by atoms with E-state index in [-0.39, 0.29) is 5.91 Å². The predicted molar refractivity (Wildman–Crippen MR) is 75.6 cm³/mol. The summed E-state index contributed by atoms with van der Waals surface area (Å²) in [5.74, 6) is -0.0700. The molecular formula is C12H20N4OS. The molecule has 0 bridgehead atoms. The molecule has 0 aliphatic rings. The first-order valence-electron chi connectivity index (χ1n) is 6.17. The quantitative estimate of drug-likeness (QED) is 0.788. The first-order valence-corrected chi connectivity index (χ1v) is 6.58. The predicted octanol–water partition coefficient (Wildman–Crippen LogP) is 1.21. The number of aromatic nitrogens is 2. The zero-order chi connectivity index (χ0) is 13.7. The minimum Gasteiger partial charge on any atom is -0.392 e. The van der Waals surface area contributed by atoms with Crippen LogP contribution in [0.2, 0.25) is 0 Å². The van der Waals surface area contributed by atoms with Gasteiger partial charge in [0.25, 0.3) is 5.91 Å². The summed E-state index contributed by atoms with van der Waals surface area (Å²) in [7, 11) is 0. The number of rotatable bonds is 6. The summed E-state index contributed by atoms with van der Waals surface area (Å²) < 4.78 is 1.73. The first-order chi connectivity index (χ1) is 8.53. The molecule has 1 aromatic heterocycles. The number of nitrogens with two attached hydrogens (primary N) is 1. The van der Waals surface area contributed by atoms with Gasteiger partial charge in [-0.2, -0.15) is 5.10 Å². The molecule has 100 valence electrons. The van der Waals surface area contributed by atoms with Crippen LogP contribution in [0, 0.1) is 0 Å². The van der Waals surface area contributed by atoms with E-state index in [0.717, 1.165) is 12.1 Å². The van der Waals surface area contributed by atoms with E-state index in [4.69, 9.17) is 18.0 Å². The van der Waals surface area contributed by atoms with E-state index >= 15 is 0 Å². The van der Waals surface area contributed by atoms with E-state index in [1.54, 1.807) is 9.58 Å². The van der Waals surface area contributed by atoms with Crippen molar-refractivity contribution in [2.24, 2.45) is 5.73 Å². The standard InChI is InChI=1S/C12H20N4OS/c1-4-9-7-10(16(6-3)14-9)12(17)15(5-2)8-11(13)18/h7H,4-6,8H2,1-3H3,(H2,13,18). The molecule has 0 fully saturated rings. The lowest BCUT2D eigenvalue weighted by molar-refractivity contribution is 0.0775. The second-order valence-corrected chi connectivity index (χ2v) is 4.50. The highest BCUT2D eigenvalue weighted by Gasteiger charge is 2.19. The molecule has 1 amide bonds. The molecule has 1 aromatic rings. The third-order valence-electron chi connectivity index (χ3n) is 2.73. The lowest BCUT2D eigenvalue weighted by Gasteiger charge is -2.20. The highest BCUT2D eigenvalue weighted by Crippen LogP contribution is 2.09. The Balaban J connectivity index is 3.00. The number of aryl methyl sites for hydroxylation is 2. The number of hydrogen-bond acceptors (Lipinski definition) is 3. The molecule has 0 aliphatic heterocycles. The van der Waals surface area contributed by atoms with Crippen molar-refractivity contribution in [3.63, 3.8) is 0 Å². The largest absolute Gasteiger partial charge is 0.392 e. The van der Waals surface area contributed by atoms with Gasteiger partial charge in [0.15, 0.2) is 0 Å². The lowest BCUT2D eigenvalue weighted by atomic mass is 10.2. The maximum absolute atomic E-state index is 12.4. The van der Waals surface area contributed by atoms with Gasteiger partial charge in [0.2, 0.25) is 0 Å². The zero-order valence-corrected chi connectivity index (χ0v) is 12.0. The van der Waals surface area contributed by atoms with Crippen molar-refractivity contribution in [3.8, 4) is 0 Å². The minimum absolute atomic E-state index is 0.0700. The van der Waals surface area contributed by atoms with E-state index in [2.05, 4.69) is 5.10 Å². The molecule has 0 spiro atoms. The molecular weight excluding hydrogens is 248 g/mol. The van der Waals surface area contributed by atoms with Crippen molar-refractivity contribution in [2.45, 2.75) is 33.7 Å². The van der Waals surface area contributed by atoms with Gasteiger partial charge in [-0.15, -0.1) is 0 Å². The van der Waals surface area contributed by atoms with E-state index in [9.17, 15) is 4.79 Å². The Morgan fingerprint density at radius 3 is 2.61 bits per heavy atom. The van der Waals surface area contributed by atoms with Gasteiger partial charge < -0.3 is 10.6 Å². The van der Waals surface area contributed by atoms with Crippen LogP contribution in [0.4, 0.5) is 0 Å². The van der Waals surface area contributed by atoms with Gasteiger partial charge in [0.1, 0.15) is 5.69 Å². The smallest absolute Gasteiger partial charge is 0.272 e. The molecule has 0 unspecified atom stereocenters. The molecule has 5 nitrogen and oxygen atoms in total. The monoisotopic (exact) mass is 268 g/mol. The molecule has 2 N–H and O–H groups in total. The maximum atomic E-state index is 12.4. The molecule has 0 aliphatic carbocycles. The Morgan fingerprint density at radius 2 is 2.17 bits per heavy atom. The number of carbonyl (C=O) groups excluding carboxylic acids is 1. The highest BCUT2D eigenvalue weighted by atomic mass is 32.1. The van der Waals surface area contributed by atoms with Crippen LogP contribution in [-0.2, 0) is 13.0 Å². The van der Waals surface area contributed by atoms with Crippen molar-refractivity contribution in [1.29, 1.82) is 0 Å². The molecule has 0 radical (unpaired) electrons. The molecule has 0 saturated heterocycles. The normalized spacial score (nSPS) is 10.4. The van der Waals surface area contributed by atoms with Gasteiger partial charge in [-0.25, -0.2) is 0 Å². The van der Waals surface area contributed by atoms with Crippen LogP contribution in [0.25, 0.3) is 0 Å². The summed E-state index contributed by atoms with van der Waals surface area (Å²) in [5.41, 5.74) is 7.03. The molecule has 1 heterocycles. The Kier molecular flexibility index (Phi) is 5.27. The van der Waals surface area contributed by atoms with Gasteiger partial charge in [-0.1, -0.05) is 19.1 Å². The van der Waals surface area contributed by atoms with Gasteiger partial charge >= 0.3 is 0 Å². The molecule has 0 aromatic carbocycles. The summed E-state index contributed by atoms with van der Waals surface area (Å²) >= 11 is 4.86. The van der Waals surface area contributed by atoms with Crippen LogP contribution in [0.5, 0.6) is 0 Å². The molecule has 1 rings (SSSR count). The topological polar surface area (TPSA) is 64.2 Å². The third kappa shape index (κ3) is 3.29. The Morgan fingerprint density at radius 1 is 1.50 bits per heavy atom. The lowest BCUT2D eigenvalue weighted by Crippen LogP contribution is -2.38. The molecule has 18 heavy (non-hydrogen) atoms. The van der Waals surface area contributed by atoms with E-state index in [1.165, 1.54) is 0 Å². The maximum Gasteiger partial charge on any atom is 0.272 e. The average molecular weight is 268 g/mol. The zero-order valence-electron chi connectivity index (χ0n) is 11.1. The van der Waals surface area contributed by atoms with Crippen LogP contribution < -0.4 is 5.73 Å². The van der Waals surface area contributed by atoms with Gasteiger partial charge in [-0.05, 0) is 26.3 Å². The second-order valence-electron chi connectivity index (χ2n) is 3.98. The molecule has 0 atom stereocenters. The fraction of sp³-hybridized carbons (Fsp3) is 0.583. The Bertz CT molecular complexity index is 441. The Hall–Kier alpha value is -1.43. The second kappa shape index (κ2) is 6.49. The van der Waals surface area contributed by atoms with Gasteiger partial charge in [0, 0.05) is 13.1 Å².